The zero-order chi connectivity index (χ0) is 20.5. The molecule has 2 saturated heterocycles. The van der Waals surface area contributed by atoms with E-state index in [0.717, 1.165) is 5.01 Å². The number of rotatable bonds is 4. The van der Waals surface area contributed by atoms with Crippen molar-refractivity contribution in [1.82, 2.24) is 20.7 Å². The largest absolute Gasteiger partial charge is 0.344 e. The summed E-state index contributed by atoms with van der Waals surface area (Å²) < 4.78 is 0. The summed E-state index contributed by atoms with van der Waals surface area (Å²) in [5.74, 6) is -1.61. The summed E-state index contributed by atoms with van der Waals surface area (Å²) in [7, 11) is 0. The van der Waals surface area contributed by atoms with Gasteiger partial charge < -0.3 is 10.2 Å². The van der Waals surface area contributed by atoms with E-state index in [2.05, 4.69) is 10.7 Å². The lowest BCUT2D eigenvalue weighted by Gasteiger charge is -2.32. The Morgan fingerprint density at radius 1 is 1.29 bits per heavy atom. The maximum absolute atomic E-state index is 12.7. The number of urea groups is 1. The van der Waals surface area contributed by atoms with Gasteiger partial charge in [0.05, 0.1) is 5.92 Å². The molecule has 2 aliphatic heterocycles. The van der Waals surface area contributed by atoms with Gasteiger partial charge in [0, 0.05) is 23.7 Å². The second-order valence-corrected chi connectivity index (χ2v) is 7.77. The molecule has 0 spiro atoms. The summed E-state index contributed by atoms with van der Waals surface area (Å²) in [6, 6.07) is 5.93. The maximum Gasteiger partial charge on any atom is 0.344 e. The number of carbonyl (C=O) groups excluding carboxylic acids is 4. The summed E-state index contributed by atoms with van der Waals surface area (Å²) in [6.07, 6.45) is 1.64. The summed E-state index contributed by atoms with van der Waals surface area (Å²) in [6.45, 7) is 4.17. The van der Waals surface area contributed by atoms with E-state index in [4.69, 9.17) is 11.6 Å². The van der Waals surface area contributed by atoms with Crippen molar-refractivity contribution in [1.29, 1.82) is 0 Å². The number of carbonyl (C=O) groups is 4. The Morgan fingerprint density at radius 2 is 1.96 bits per heavy atom. The number of piperidine rings is 1. The highest BCUT2D eigenvalue weighted by atomic mass is 35.5. The number of halogens is 1. The Kier molecular flexibility index (Phi) is 5.60. The molecule has 150 valence electrons. The minimum atomic E-state index is -1.02. The Morgan fingerprint density at radius 3 is 2.57 bits per heavy atom. The van der Waals surface area contributed by atoms with E-state index in [1.807, 2.05) is 0 Å². The molecular formula is C19H23ClN4O4. The van der Waals surface area contributed by atoms with Crippen LogP contribution >= 0.6 is 11.6 Å². The van der Waals surface area contributed by atoms with E-state index >= 15 is 0 Å². The topological polar surface area (TPSA) is 98.8 Å². The number of imide groups is 1. The summed E-state index contributed by atoms with van der Waals surface area (Å²) in [4.78, 5) is 51.4. The first-order valence-corrected chi connectivity index (χ1v) is 9.65. The smallest absolute Gasteiger partial charge is 0.338 e. The summed E-state index contributed by atoms with van der Waals surface area (Å²) in [5, 5.41) is 3.87. The molecule has 28 heavy (non-hydrogen) atoms. The molecule has 0 unspecified atom stereocenters. The Hall–Kier alpha value is -2.61. The van der Waals surface area contributed by atoms with Gasteiger partial charge in [-0.2, -0.15) is 5.01 Å². The van der Waals surface area contributed by atoms with Crippen LogP contribution in [0.2, 0.25) is 5.02 Å². The van der Waals surface area contributed by atoms with Crippen LogP contribution in [0.4, 0.5) is 4.79 Å². The number of hydrogen-bond acceptors (Lipinski definition) is 4. The number of hydrazine groups is 1. The third-order valence-corrected chi connectivity index (χ3v) is 5.61. The standard InChI is InChI=1S/C19H23ClN4O4/c1-3-19(2)17(27)24(18(28)21-19)22-15(25)13-5-4-10-23(11-13)16(26)12-6-8-14(20)9-7-12/h6-9,13H,3-5,10-11H2,1-2H3,(H,21,28)(H,22,25)/t13-,19-/m1/s1. The van der Waals surface area contributed by atoms with E-state index in [9.17, 15) is 19.2 Å². The Bertz CT molecular complexity index is 813. The van der Waals surface area contributed by atoms with Crippen molar-refractivity contribution in [2.75, 3.05) is 13.1 Å². The molecule has 2 atom stereocenters. The van der Waals surface area contributed by atoms with Gasteiger partial charge >= 0.3 is 6.03 Å². The van der Waals surface area contributed by atoms with E-state index in [-0.39, 0.29) is 12.5 Å². The van der Waals surface area contributed by atoms with Crippen LogP contribution in [0.5, 0.6) is 0 Å². The molecule has 9 heteroatoms. The van der Waals surface area contributed by atoms with Gasteiger partial charge in [0.25, 0.3) is 11.8 Å². The normalized spacial score (nSPS) is 24.9. The van der Waals surface area contributed by atoms with Gasteiger partial charge in [0.1, 0.15) is 5.54 Å². The highest BCUT2D eigenvalue weighted by Crippen LogP contribution is 2.22. The SMILES string of the molecule is CC[C@@]1(C)NC(=O)N(NC(=O)[C@@H]2CCCN(C(=O)c3ccc(Cl)cc3)C2)C1=O. The van der Waals surface area contributed by atoms with Crippen molar-refractivity contribution in [3.8, 4) is 0 Å². The van der Waals surface area contributed by atoms with Crippen LogP contribution in [-0.2, 0) is 9.59 Å². The number of nitrogens with zero attached hydrogens (tertiary/aromatic N) is 2. The number of likely N-dealkylation sites (tertiary alicyclic amines) is 1. The lowest BCUT2D eigenvalue weighted by atomic mass is 9.96. The van der Waals surface area contributed by atoms with Crippen LogP contribution < -0.4 is 10.7 Å². The van der Waals surface area contributed by atoms with Gasteiger partial charge in [-0.05, 0) is 50.5 Å². The Labute approximate surface area is 168 Å². The highest BCUT2D eigenvalue weighted by molar-refractivity contribution is 6.30. The van der Waals surface area contributed by atoms with Crippen molar-refractivity contribution < 1.29 is 19.2 Å². The minimum absolute atomic E-state index is 0.178. The lowest BCUT2D eigenvalue weighted by molar-refractivity contribution is -0.141. The zero-order valence-corrected chi connectivity index (χ0v) is 16.6. The first-order valence-electron chi connectivity index (χ1n) is 9.27. The van der Waals surface area contributed by atoms with Crippen molar-refractivity contribution in [3.63, 3.8) is 0 Å². The minimum Gasteiger partial charge on any atom is -0.338 e. The van der Waals surface area contributed by atoms with Crippen LogP contribution in [0.15, 0.2) is 24.3 Å². The van der Waals surface area contributed by atoms with Gasteiger partial charge in [0.2, 0.25) is 5.91 Å². The molecule has 0 aromatic heterocycles. The molecule has 5 amide bonds. The van der Waals surface area contributed by atoms with E-state index < -0.39 is 29.3 Å². The second kappa shape index (κ2) is 7.79. The van der Waals surface area contributed by atoms with Crippen LogP contribution in [0, 0.1) is 5.92 Å². The molecule has 0 bridgehead atoms. The fraction of sp³-hybridized carbons (Fsp3) is 0.474. The van der Waals surface area contributed by atoms with Crippen LogP contribution in [0.25, 0.3) is 0 Å². The molecule has 1 aromatic rings. The lowest BCUT2D eigenvalue weighted by Crippen LogP contribution is -2.53. The van der Waals surface area contributed by atoms with Gasteiger partial charge in [-0.25, -0.2) is 4.79 Å². The summed E-state index contributed by atoms with van der Waals surface area (Å²) >= 11 is 5.86. The van der Waals surface area contributed by atoms with Crippen molar-refractivity contribution in [2.24, 2.45) is 5.92 Å². The Balaban J connectivity index is 1.65. The van der Waals surface area contributed by atoms with Crippen LogP contribution in [0.3, 0.4) is 0 Å². The molecule has 0 aliphatic carbocycles. The van der Waals surface area contributed by atoms with Gasteiger partial charge in [-0.15, -0.1) is 0 Å². The third kappa shape index (κ3) is 3.82. The molecular weight excluding hydrogens is 384 g/mol. The van der Waals surface area contributed by atoms with E-state index in [1.54, 1.807) is 43.0 Å². The van der Waals surface area contributed by atoms with Crippen LogP contribution in [0.1, 0.15) is 43.5 Å². The van der Waals surface area contributed by atoms with Gasteiger partial charge in [0.15, 0.2) is 0 Å². The molecule has 0 saturated carbocycles. The van der Waals surface area contributed by atoms with E-state index in [0.29, 0.717) is 36.4 Å². The zero-order valence-electron chi connectivity index (χ0n) is 15.8. The van der Waals surface area contributed by atoms with E-state index in [1.165, 1.54) is 0 Å². The van der Waals surface area contributed by atoms with Crippen molar-refractivity contribution in [3.05, 3.63) is 34.9 Å². The second-order valence-electron chi connectivity index (χ2n) is 7.33. The average Bonchev–Trinajstić information content (AvgIpc) is 2.91. The fourth-order valence-corrected chi connectivity index (χ4v) is 3.50. The fourth-order valence-electron chi connectivity index (χ4n) is 3.38. The number of amides is 5. The van der Waals surface area contributed by atoms with Gasteiger partial charge in [-0.3, -0.25) is 19.8 Å². The quantitative estimate of drug-likeness (QED) is 0.746. The third-order valence-electron chi connectivity index (χ3n) is 5.36. The van der Waals surface area contributed by atoms with Crippen molar-refractivity contribution >= 4 is 35.4 Å². The van der Waals surface area contributed by atoms with Crippen LogP contribution in [-0.4, -0.2) is 52.3 Å². The van der Waals surface area contributed by atoms with Crippen molar-refractivity contribution in [2.45, 2.75) is 38.6 Å². The molecule has 2 heterocycles. The predicted octanol–water partition coefficient (Wildman–Crippen LogP) is 1.94. The molecule has 2 N–H and O–H groups in total. The molecule has 2 aliphatic rings. The molecule has 0 radical (unpaired) electrons. The number of benzene rings is 1. The molecule has 8 nitrogen and oxygen atoms in total. The first kappa shape index (κ1) is 20.1. The average molecular weight is 407 g/mol. The van der Waals surface area contributed by atoms with Gasteiger partial charge in [-0.1, -0.05) is 18.5 Å². The highest BCUT2D eigenvalue weighted by Gasteiger charge is 2.48. The predicted molar refractivity (Wildman–Crippen MR) is 102 cm³/mol. The molecule has 3 rings (SSSR count). The molecule has 1 aromatic carbocycles. The number of hydrogen-bond donors (Lipinski definition) is 2. The monoisotopic (exact) mass is 406 g/mol. The maximum atomic E-state index is 12.7. The first-order chi connectivity index (χ1) is 13.2. The summed E-state index contributed by atoms with van der Waals surface area (Å²) in [5.41, 5.74) is 1.90. The molecule has 2 fully saturated rings. The number of nitrogens with one attached hydrogen (secondary N) is 2.